The first-order chi connectivity index (χ1) is 11.4. The molecule has 0 bridgehead atoms. The van der Waals surface area contributed by atoms with Gasteiger partial charge in [-0.15, -0.1) is 0 Å². The van der Waals surface area contributed by atoms with Crippen molar-refractivity contribution >= 4 is 7.82 Å². The Morgan fingerprint density at radius 3 is 1.38 bits per heavy atom. The maximum absolute atomic E-state index is 8.66. The molecule has 0 heterocycles. The summed E-state index contributed by atoms with van der Waals surface area (Å²) in [5.41, 5.74) is 0. The molecule has 5 nitrogen and oxygen atoms in total. The summed E-state index contributed by atoms with van der Waals surface area (Å²) in [5, 5.41) is 8.66. The number of hydrogen-bond acceptors (Lipinski definition) is 4. The molecule has 0 saturated carbocycles. The summed E-state index contributed by atoms with van der Waals surface area (Å²) in [6, 6.07) is 0. The van der Waals surface area contributed by atoms with Crippen molar-refractivity contribution in [2.24, 2.45) is 0 Å². The van der Waals surface area contributed by atoms with Crippen molar-refractivity contribution in [3.05, 3.63) is 12.2 Å². The van der Waals surface area contributed by atoms with Gasteiger partial charge in [0.05, 0.1) is 7.82 Å². The van der Waals surface area contributed by atoms with Gasteiger partial charge in [0.2, 0.25) is 0 Å². The van der Waals surface area contributed by atoms with E-state index >= 15 is 0 Å². The van der Waals surface area contributed by atoms with Gasteiger partial charge < -0.3 is 24.4 Å². The fourth-order valence-electron chi connectivity index (χ4n) is 2.36. The Morgan fingerprint density at radius 1 is 0.731 bits per heavy atom. The second-order valence-electron chi connectivity index (χ2n) is 6.13. The molecule has 0 aromatic heterocycles. The molecule has 2 N–H and O–H groups in total. The molecule has 8 heteroatoms. The molecule has 0 aliphatic carbocycles. The normalized spacial score (nSPS) is 10.7. The molecule has 146 valence electrons. The van der Waals surface area contributed by atoms with Gasteiger partial charge in [0, 0.05) is 6.61 Å². The third-order valence-electron chi connectivity index (χ3n) is 3.67. The number of aliphatic hydroxyl groups excluding tert-OH is 1. The van der Waals surface area contributed by atoms with E-state index in [1.54, 1.807) is 0 Å². The minimum Gasteiger partial charge on any atom is -0.790 e. The summed E-state index contributed by atoms with van der Waals surface area (Å²) < 4.78 is 8.66. The van der Waals surface area contributed by atoms with E-state index in [0.717, 1.165) is 6.42 Å². The predicted octanol–water partition coefficient (Wildman–Crippen LogP) is -2.17. The number of hydrogen-bond donors (Lipinski definition) is 2. The predicted molar refractivity (Wildman–Crippen MR) is 96.4 cm³/mol. The van der Waals surface area contributed by atoms with Crippen LogP contribution in [0.3, 0.4) is 0 Å². The van der Waals surface area contributed by atoms with Gasteiger partial charge in [0.25, 0.3) is 0 Å². The minimum atomic E-state index is -5.14. The standard InChI is InChI=1S/C18H36O.2Na.H3O4P/c1-2-3-4-5-6-7-8-9-10-11-12-13-14-15-16-17-18-19;;;1-5(2,3)4/h9-10,19H,2-8,11-18H2,1H3;;;(H3,1,2,3,4)/q;2*+1;/p-2/b10-9-;;;. The average molecular weight is 410 g/mol. The number of unbranched alkanes of at least 4 members (excludes halogenated alkanes) is 12. The van der Waals surface area contributed by atoms with Crippen LogP contribution in [0, 0.1) is 0 Å². The summed E-state index contributed by atoms with van der Waals surface area (Å²) in [4.78, 5) is 24.3. The first-order valence-electron chi connectivity index (χ1n) is 9.42. The summed E-state index contributed by atoms with van der Waals surface area (Å²) >= 11 is 0. The van der Waals surface area contributed by atoms with E-state index in [9.17, 15) is 0 Å². The van der Waals surface area contributed by atoms with Crippen molar-refractivity contribution in [1.29, 1.82) is 0 Å². The third kappa shape index (κ3) is 50.1. The second kappa shape index (κ2) is 29.0. The molecule has 0 atom stereocenters. The first kappa shape index (κ1) is 35.3. The topological polar surface area (TPSA) is 104 Å². The largest absolute Gasteiger partial charge is 1.00 e. The number of aliphatic hydroxyl groups is 1. The molecule has 0 aliphatic rings. The average Bonchev–Trinajstić information content (AvgIpc) is 2.49. The monoisotopic (exact) mass is 410 g/mol. The molecular weight excluding hydrogens is 373 g/mol. The zero-order chi connectivity index (χ0) is 18.5. The Balaban J connectivity index is -0.000000304. The van der Waals surface area contributed by atoms with Crippen LogP contribution in [0.4, 0.5) is 0 Å². The number of rotatable bonds is 15. The van der Waals surface area contributed by atoms with E-state index in [2.05, 4.69) is 19.1 Å². The van der Waals surface area contributed by atoms with Crippen LogP contribution in [0.15, 0.2) is 12.2 Å². The first-order valence-corrected chi connectivity index (χ1v) is 10.9. The number of phosphoric acid groups is 1. The van der Waals surface area contributed by atoms with Crippen LogP contribution in [-0.2, 0) is 4.57 Å². The SMILES string of the molecule is CCCCCCCC/C=C\CCCCCCCCO.O=P([O-])([O-])O.[Na+].[Na+]. The van der Waals surface area contributed by atoms with Crippen molar-refractivity contribution in [3.63, 3.8) is 0 Å². The third-order valence-corrected chi connectivity index (χ3v) is 3.67. The van der Waals surface area contributed by atoms with Gasteiger partial charge >= 0.3 is 59.1 Å². The van der Waals surface area contributed by atoms with Gasteiger partial charge in [-0.2, -0.15) is 0 Å². The van der Waals surface area contributed by atoms with E-state index in [-0.39, 0.29) is 59.1 Å². The van der Waals surface area contributed by atoms with Crippen molar-refractivity contribution in [2.45, 2.75) is 96.8 Å². The Hall–Kier alpha value is 1.81. The van der Waals surface area contributed by atoms with Crippen LogP contribution in [0.1, 0.15) is 96.8 Å². The molecule has 0 saturated heterocycles. The molecule has 0 aromatic rings. The van der Waals surface area contributed by atoms with Crippen molar-refractivity contribution in [3.8, 4) is 0 Å². The van der Waals surface area contributed by atoms with Gasteiger partial charge in [-0.3, -0.25) is 0 Å². The molecule has 0 aromatic carbocycles. The molecule has 0 rings (SSSR count). The van der Waals surface area contributed by atoms with Gasteiger partial charge in [-0.05, 0) is 32.1 Å². The second-order valence-corrected chi connectivity index (χ2v) is 7.07. The van der Waals surface area contributed by atoms with Crippen LogP contribution in [0.2, 0.25) is 0 Å². The maximum Gasteiger partial charge on any atom is 1.00 e. The van der Waals surface area contributed by atoms with E-state index in [4.69, 9.17) is 24.4 Å². The summed E-state index contributed by atoms with van der Waals surface area (Å²) in [7, 11) is -5.14. The Bertz CT molecular complexity index is 304. The summed E-state index contributed by atoms with van der Waals surface area (Å²) in [5.74, 6) is 0. The van der Waals surface area contributed by atoms with Crippen LogP contribution in [0.5, 0.6) is 0 Å². The molecular formula is C18H37Na2O5P. The van der Waals surface area contributed by atoms with Crippen LogP contribution < -0.4 is 68.9 Å². The van der Waals surface area contributed by atoms with E-state index in [0.29, 0.717) is 6.61 Å². The van der Waals surface area contributed by atoms with E-state index in [1.807, 2.05) is 0 Å². The number of allylic oxidation sites excluding steroid dienone is 2. The smallest absolute Gasteiger partial charge is 0.790 e. The molecule has 0 spiro atoms. The molecule has 0 amide bonds. The molecule has 0 fully saturated rings. The molecule has 26 heavy (non-hydrogen) atoms. The minimum absolute atomic E-state index is 0. The Labute approximate surface area is 205 Å². The van der Waals surface area contributed by atoms with Crippen molar-refractivity contribution in [2.75, 3.05) is 6.61 Å². The molecule has 0 unspecified atom stereocenters. The van der Waals surface area contributed by atoms with Crippen LogP contribution >= 0.6 is 7.82 Å². The molecule has 0 radical (unpaired) electrons. The van der Waals surface area contributed by atoms with Crippen LogP contribution in [0.25, 0.3) is 0 Å². The van der Waals surface area contributed by atoms with Gasteiger partial charge in [-0.1, -0.05) is 76.9 Å². The van der Waals surface area contributed by atoms with E-state index in [1.165, 1.54) is 83.5 Å². The fourth-order valence-corrected chi connectivity index (χ4v) is 2.36. The zero-order valence-electron chi connectivity index (χ0n) is 17.3. The fraction of sp³-hybridized carbons (Fsp3) is 0.889. The van der Waals surface area contributed by atoms with E-state index < -0.39 is 7.82 Å². The Kier molecular flexibility index (Phi) is 39.3. The van der Waals surface area contributed by atoms with Gasteiger partial charge in [0.15, 0.2) is 0 Å². The van der Waals surface area contributed by atoms with Crippen molar-refractivity contribution < 1.29 is 83.5 Å². The van der Waals surface area contributed by atoms with Crippen molar-refractivity contribution in [1.82, 2.24) is 0 Å². The maximum atomic E-state index is 8.66. The Morgan fingerprint density at radius 2 is 1.04 bits per heavy atom. The molecule has 0 aliphatic heterocycles. The summed E-state index contributed by atoms with van der Waals surface area (Å²) in [6.45, 7) is 2.64. The van der Waals surface area contributed by atoms with Crippen LogP contribution in [-0.4, -0.2) is 16.6 Å². The quantitative estimate of drug-likeness (QED) is 0.138. The zero-order valence-corrected chi connectivity index (χ0v) is 22.2. The van der Waals surface area contributed by atoms with Gasteiger partial charge in [0.1, 0.15) is 0 Å². The van der Waals surface area contributed by atoms with Gasteiger partial charge in [-0.25, -0.2) is 0 Å². The summed E-state index contributed by atoms with van der Waals surface area (Å²) in [6.07, 6.45) is 23.2.